The average molecular weight is 381 g/mol. The number of ether oxygens (including phenoxy) is 2. The predicted octanol–water partition coefficient (Wildman–Crippen LogP) is 2.73. The Morgan fingerprint density at radius 3 is 2.54 bits per heavy atom. The second kappa shape index (κ2) is 8.72. The molecule has 3 aromatic rings. The van der Waals surface area contributed by atoms with Crippen LogP contribution in [0, 0.1) is 0 Å². The minimum absolute atomic E-state index is 0.0485. The molecule has 0 unspecified atom stereocenters. The van der Waals surface area contributed by atoms with Gasteiger partial charge >= 0.3 is 0 Å². The van der Waals surface area contributed by atoms with Crippen molar-refractivity contribution in [2.75, 3.05) is 26.1 Å². The lowest BCUT2D eigenvalue weighted by molar-refractivity contribution is -0.115. The summed E-state index contributed by atoms with van der Waals surface area (Å²) in [6, 6.07) is 15.6. The second-order valence-electron chi connectivity index (χ2n) is 5.74. The van der Waals surface area contributed by atoms with Gasteiger partial charge in [-0.2, -0.15) is 0 Å². The van der Waals surface area contributed by atoms with E-state index in [0.29, 0.717) is 28.5 Å². The van der Waals surface area contributed by atoms with Crippen molar-refractivity contribution < 1.29 is 23.6 Å². The van der Waals surface area contributed by atoms with Crippen LogP contribution in [0.15, 0.2) is 59.1 Å². The van der Waals surface area contributed by atoms with Crippen LogP contribution in [0.2, 0.25) is 0 Å². The van der Waals surface area contributed by atoms with E-state index in [2.05, 4.69) is 15.8 Å². The van der Waals surface area contributed by atoms with Crippen molar-refractivity contribution in [2.45, 2.75) is 0 Å². The van der Waals surface area contributed by atoms with E-state index in [4.69, 9.17) is 14.0 Å². The number of nitrogens with one attached hydrogen (secondary N) is 2. The van der Waals surface area contributed by atoms with Gasteiger partial charge in [-0.05, 0) is 30.3 Å². The van der Waals surface area contributed by atoms with Crippen LogP contribution in [0.1, 0.15) is 10.5 Å². The van der Waals surface area contributed by atoms with Gasteiger partial charge in [0, 0.05) is 11.8 Å². The molecule has 0 spiro atoms. The Hall–Kier alpha value is -3.81. The van der Waals surface area contributed by atoms with Crippen LogP contribution in [0.3, 0.4) is 0 Å². The molecule has 0 atom stereocenters. The summed E-state index contributed by atoms with van der Waals surface area (Å²) in [6.45, 7) is -0.196. The molecular weight excluding hydrogens is 362 g/mol. The Morgan fingerprint density at radius 2 is 1.82 bits per heavy atom. The first-order valence-electron chi connectivity index (χ1n) is 8.43. The number of nitrogens with zero attached hydrogens (tertiary/aromatic N) is 1. The molecule has 8 heteroatoms. The Kier molecular flexibility index (Phi) is 5.91. The lowest BCUT2D eigenvalue weighted by atomic mass is 10.1. The predicted molar refractivity (Wildman–Crippen MR) is 102 cm³/mol. The van der Waals surface area contributed by atoms with Crippen LogP contribution in [0.4, 0.5) is 5.69 Å². The molecule has 0 saturated carbocycles. The molecule has 1 aromatic heterocycles. The Balaban J connectivity index is 1.65. The fourth-order valence-electron chi connectivity index (χ4n) is 2.49. The highest BCUT2D eigenvalue weighted by molar-refractivity contribution is 5.98. The standard InChI is InChI=1S/C20H19N3O5/c1-26-14-8-9-17(27-2)15(10-14)18-11-16(23-28-18)20(25)21-12-19(24)22-13-6-4-3-5-7-13/h3-11H,12H2,1-2H3,(H,21,25)(H,22,24). The van der Waals surface area contributed by atoms with Gasteiger partial charge in [-0.15, -0.1) is 0 Å². The number of rotatable bonds is 7. The van der Waals surface area contributed by atoms with Gasteiger partial charge in [-0.3, -0.25) is 9.59 Å². The van der Waals surface area contributed by atoms with Gasteiger partial charge in [0.05, 0.1) is 26.3 Å². The molecule has 2 N–H and O–H groups in total. The number of anilines is 1. The van der Waals surface area contributed by atoms with Gasteiger partial charge < -0.3 is 24.6 Å². The van der Waals surface area contributed by atoms with Crippen molar-refractivity contribution in [1.82, 2.24) is 10.5 Å². The van der Waals surface area contributed by atoms with Gasteiger partial charge in [-0.1, -0.05) is 23.4 Å². The summed E-state index contributed by atoms with van der Waals surface area (Å²) in [5.74, 6) is 0.620. The molecule has 2 amide bonds. The molecule has 1 heterocycles. The zero-order chi connectivity index (χ0) is 19.9. The normalized spacial score (nSPS) is 10.2. The smallest absolute Gasteiger partial charge is 0.273 e. The van der Waals surface area contributed by atoms with E-state index in [1.165, 1.54) is 13.2 Å². The largest absolute Gasteiger partial charge is 0.497 e. The maximum absolute atomic E-state index is 12.3. The highest BCUT2D eigenvalue weighted by Gasteiger charge is 2.17. The third kappa shape index (κ3) is 4.47. The van der Waals surface area contributed by atoms with E-state index in [1.54, 1.807) is 49.6 Å². The summed E-state index contributed by atoms with van der Waals surface area (Å²) in [5.41, 5.74) is 1.29. The number of para-hydroxylation sites is 1. The Morgan fingerprint density at radius 1 is 1.04 bits per heavy atom. The molecule has 28 heavy (non-hydrogen) atoms. The molecular formula is C20H19N3O5. The first kappa shape index (κ1) is 19.0. The van der Waals surface area contributed by atoms with Gasteiger partial charge in [-0.25, -0.2) is 0 Å². The fourth-order valence-corrected chi connectivity index (χ4v) is 2.49. The van der Waals surface area contributed by atoms with E-state index >= 15 is 0 Å². The van der Waals surface area contributed by atoms with Crippen molar-refractivity contribution in [3.05, 3.63) is 60.3 Å². The molecule has 144 valence electrons. The van der Waals surface area contributed by atoms with Gasteiger partial charge in [0.2, 0.25) is 5.91 Å². The van der Waals surface area contributed by atoms with Crippen molar-refractivity contribution in [3.8, 4) is 22.8 Å². The van der Waals surface area contributed by atoms with Crippen LogP contribution in [0.5, 0.6) is 11.5 Å². The number of hydrogen-bond acceptors (Lipinski definition) is 6. The Labute approximate surface area is 161 Å². The molecule has 0 aliphatic rings. The minimum Gasteiger partial charge on any atom is -0.497 e. The van der Waals surface area contributed by atoms with Crippen molar-refractivity contribution >= 4 is 17.5 Å². The van der Waals surface area contributed by atoms with E-state index < -0.39 is 5.91 Å². The van der Waals surface area contributed by atoms with E-state index in [-0.39, 0.29) is 18.1 Å². The molecule has 3 rings (SSSR count). The average Bonchev–Trinajstić information content (AvgIpc) is 3.22. The van der Waals surface area contributed by atoms with Crippen molar-refractivity contribution in [2.24, 2.45) is 0 Å². The summed E-state index contributed by atoms with van der Waals surface area (Å²) < 4.78 is 15.8. The first-order valence-corrected chi connectivity index (χ1v) is 8.43. The molecule has 8 nitrogen and oxygen atoms in total. The van der Waals surface area contributed by atoms with E-state index in [0.717, 1.165) is 0 Å². The van der Waals surface area contributed by atoms with Crippen LogP contribution in [-0.2, 0) is 4.79 Å². The number of amides is 2. The van der Waals surface area contributed by atoms with Crippen LogP contribution >= 0.6 is 0 Å². The molecule has 0 aliphatic carbocycles. The monoisotopic (exact) mass is 381 g/mol. The van der Waals surface area contributed by atoms with Gasteiger partial charge in [0.1, 0.15) is 11.5 Å². The summed E-state index contributed by atoms with van der Waals surface area (Å²) in [6.07, 6.45) is 0. The van der Waals surface area contributed by atoms with E-state index in [1.807, 2.05) is 6.07 Å². The summed E-state index contributed by atoms with van der Waals surface area (Å²) in [4.78, 5) is 24.2. The first-order chi connectivity index (χ1) is 13.6. The summed E-state index contributed by atoms with van der Waals surface area (Å²) in [7, 11) is 3.08. The summed E-state index contributed by atoms with van der Waals surface area (Å²) >= 11 is 0. The fraction of sp³-hybridized carbons (Fsp3) is 0.150. The van der Waals surface area contributed by atoms with Crippen molar-refractivity contribution in [1.29, 1.82) is 0 Å². The van der Waals surface area contributed by atoms with Crippen LogP contribution < -0.4 is 20.1 Å². The maximum atomic E-state index is 12.3. The van der Waals surface area contributed by atoms with Gasteiger partial charge in [0.15, 0.2) is 11.5 Å². The second-order valence-corrected chi connectivity index (χ2v) is 5.74. The van der Waals surface area contributed by atoms with Crippen LogP contribution in [0.25, 0.3) is 11.3 Å². The number of benzene rings is 2. The highest BCUT2D eigenvalue weighted by Crippen LogP contribution is 2.33. The number of hydrogen-bond donors (Lipinski definition) is 2. The summed E-state index contributed by atoms with van der Waals surface area (Å²) in [5, 5.41) is 8.96. The minimum atomic E-state index is -0.528. The number of methoxy groups -OCH3 is 2. The molecule has 0 fully saturated rings. The van der Waals surface area contributed by atoms with Crippen molar-refractivity contribution in [3.63, 3.8) is 0 Å². The zero-order valence-corrected chi connectivity index (χ0v) is 15.4. The highest BCUT2D eigenvalue weighted by atomic mass is 16.5. The topological polar surface area (TPSA) is 103 Å². The number of carbonyl (C=O) groups excluding carboxylic acids is 2. The third-order valence-corrected chi connectivity index (χ3v) is 3.88. The van der Waals surface area contributed by atoms with E-state index in [9.17, 15) is 9.59 Å². The third-order valence-electron chi connectivity index (χ3n) is 3.88. The van der Waals surface area contributed by atoms with Gasteiger partial charge in [0.25, 0.3) is 5.91 Å². The molecule has 0 saturated heterocycles. The lowest BCUT2D eigenvalue weighted by Crippen LogP contribution is -2.33. The molecule has 0 aliphatic heterocycles. The maximum Gasteiger partial charge on any atom is 0.273 e. The molecule has 2 aromatic carbocycles. The van der Waals surface area contributed by atoms with Crippen LogP contribution in [-0.4, -0.2) is 37.7 Å². The zero-order valence-electron chi connectivity index (χ0n) is 15.4. The SMILES string of the molecule is COc1ccc(OC)c(-c2cc(C(=O)NCC(=O)Nc3ccccc3)no2)c1. The Bertz CT molecular complexity index is 969. The number of carbonyl (C=O) groups is 2. The quantitative estimate of drug-likeness (QED) is 0.652. The lowest BCUT2D eigenvalue weighted by Gasteiger charge is -2.07. The molecule has 0 radical (unpaired) electrons. The number of aromatic nitrogens is 1. The molecule has 0 bridgehead atoms.